The molecule has 12 heavy (non-hydrogen) atoms. The maximum atomic E-state index is 3.80. The molecule has 0 radical (unpaired) electrons. The van der Waals surface area contributed by atoms with Crippen LogP contribution < -0.4 is 0 Å². The van der Waals surface area contributed by atoms with Crippen LogP contribution in [0.15, 0.2) is 12.7 Å². The van der Waals surface area contributed by atoms with Gasteiger partial charge in [-0.1, -0.05) is 42.8 Å². The molecule has 72 valence electrons. The molecule has 0 fully saturated rings. The lowest BCUT2D eigenvalue weighted by molar-refractivity contribution is 0.194. The lowest BCUT2D eigenvalue weighted by atomic mass is 9.72. The van der Waals surface area contributed by atoms with Gasteiger partial charge in [-0.25, -0.2) is 0 Å². The van der Waals surface area contributed by atoms with Crippen molar-refractivity contribution in [3.05, 3.63) is 12.7 Å². The minimum Gasteiger partial charge on any atom is -0.103 e. The van der Waals surface area contributed by atoms with Gasteiger partial charge in [-0.05, 0) is 30.6 Å². The molecule has 0 aromatic heterocycles. The van der Waals surface area contributed by atoms with E-state index in [1.54, 1.807) is 0 Å². The number of hydrogen-bond donors (Lipinski definition) is 0. The second kappa shape index (κ2) is 5.80. The van der Waals surface area contributed by atoms with E-state index < -0.39 is 0 Å². The van der Waals surface area contributed by atoms with Crippen molar-refractivity contribution in [2.45, 2.75) is 40.0 Å². The first-order valence-electron chi connectivity index (χ1n) is 4.83. The molecule has 0 rings (SSSR count). The Morgan fingerprint density at radius 2 is 1.92 bits per heavy atom. The molecule has 0 saturated heterocycles. The molecule has 0 aliphatic heterocycles. The average molecular weight is 233 g/mol. The third kappa shape index (κ3) is 2.62. The summed E-state index contributed by atoms with van der Waals surface area (Å²) in [4.78, 5) is 0. The number of hydrogen-bond acceptors (Lipinski definition) is 0. The van der Waals surface area contributed by atoms with Gasteiger partial charge < -0.3 is 0 Å². The van der Waals surface area contributed by atoms with Gasteiger partial charge in [0.1, 0.15) is 0 Å². The highest BCUT2D eigenvalue weighted by Gasteiger charge is 2.30. The molecule has 0 spiro atoms. The quantitative estimate of drug-likeness (QED) is 0.471. The summed E-state index contributed by atoms with van der Waals surface area (Å²) in [6.07, 6.45) is 5.67. The zero-order valence-electron chi connectivity index (χ0n) is 8.57. The van der Waals surface area contributed by atoms with Crippen LogP contribution in [0, 0.1) is 11.3 Å². The minimum atomic E-state index is 0.480. The van der Waals surface area contributed by atoms with Crippen LogP contribution in [0.3, 0.4) is 0 Å². The summed E-state index contributed by atoms with van der Waals surface area (Å²) in [6, 6.07) is 0. The number of allylic oxidation sites excluding steroid dienone is 1. The van der Waals surface area contributed by atoms with Gasteiger partial charge in [0, 0.05) is 5.33 Å². The van der Waals surface area contributed by atoms with E-state index >= 15 is 0 Å². The van der Waals surface area contributed by atoms with E-state index in [-0.39, 0.29) is 0 Å². The molecule has 0 amide bonds. The molecular formula is C11H21Br. The van der Waals surface area contributed by atoms with E-state index in [1.807, 2.05) is 6.08 Å². The van der Waals surface area contributed by atoms with Gasteiger partial charge in [0.25, 0.3) is 0 Å². The van der Waals surface area contributed by atoms with Crippen molar-refractivity contribution in [3.63, 3.8) is 0 Å². The summed E-state index contributed by atoms with van der Waals surface area (Å²) in [7, 11) is 0. The van der Waals surface area contributed by atoms with Crippen molar-refractivity contribution in [2.75, 3.05) is 5.33 Å². The van der Waals surface area contributed by atoms with E-state index in [1.165, 1.54) is 12.8 Å². The standard InChI is InChI=1S/C11H21Br/c1-5-8-10(4)11(6-2,7-3)9-12/h5,10H,1,6-9H2,2-4H3. The Kier molecular flexibility index (Phi) is 5.90. The summed E-state index contributed by atoms with van der Waals surface area (Å²) in [6.45, 7) is 10.7. The van der Waals surface area contributed by atoms with Gasteiger partial charge in [-0.3, -0.25) is 0 Å². The Bertz CT molecular complexity index is 117. The van der Waals surface area contributed by atoms with Gasteiger partial charge >= 0.3 is 0 Å². The van der Waals surface area contributed by atoms with Gasteiger partial charge in [0.15, 0.2) is 0 Å². The van der Waals surface area contributed by atoms with Crippen LogP contribution in [-0.4, -0.2) is 5.33 Å². The molecule has 0 nitrogen and oxygen atoms in total. The summed E-state index contributed by atoms with van der Waals surface area (Å²) in [5.41, 5.74) is 0.480. The smallest absolute Gasteiger partial charge is 0.00904 e. The number of rotatable bonds is 6. The summed E-state index contributed by atoms with van der Waals surface area (Å²) >= 11 is 3.63. The van der Waals surface area contributed by atoms with Gasteiger partial charge in [0.05, 0.1) is 0 Å². The highest BCUT2D eigenvalue weighted by atomic mass is 79.9. The third-order valence-electron chi connectivity index (χ3n) is 3.24. The van der Waals surface area contributed by atoms with E-state index in [4.69, 9.17) is 0 Å². The first-order chi connectivity index (χ1) is 5.66. The molecule has 0 aromatic carbocycles. The van der Waals surface area contributed by atoms with Crippen molar-refractivity contribution in [3.8, 4) is 0 Å². The predicted molar refractivity (Wildman–Crippen MR) is 60.8 cm³/mol. The van der Waals surface area contributed by atoms with Crippen molar-refractivity contribution in [1.82, 2.24) is 0 Å². The summed E-state index contributed by atoms with van der Waals surface area (Å²) < 4.78 is 0. The van der Waals surface area contributed by atoms with E-state index in [0.717, 1.165) is 17.7 Å². The van der Waals surface area contributed by atoms with Crippen LogP contribution in [-0.2, 0) is 0 Å². The molecule has 0 aliphatic carbocycles. The van der Waals surface area contributed by atoms with Gasteiger partial charge in [0.2, 0.25) is 0 Å². The third-order valence-corrected chi connectivity index (χ3v) is 4.36. The topological polar surface area (TPSA) is 0 Å². The normalized spacial score (nSPS) is 14.3. The van der Waals surface area contributed by atoms with Crippen LogP contribution in [0.5, 0.6) is 0 Å². The van der Waals surface area contributed by atoms with Gasteiger partial charge in [-0.2, -0.15) is 0 Å². The van der Waals surface area contributed by atoms with Crippen molar-refractivity contribution in [1.29, 1.82) is 0 Å². The molecule has 0 bridgehead atoms. The van der Waals surface area contributed by atoms with Crippen LogP contribution in [0.2, 0.25) is 0 Å². The monoisotopic (exact) mass is 232 g/mol. The molecule has 1 heteroatoms. The Labute approximate surface area is 85.6 Å². The second-order valence-corrected chi connectivity index (χ2v) is 4.19. The molecule has 1 unspecified atom stereocenters. The molecule has 0 aromatic rings. The molecule has 0 aliphatic rings. The zero-order valence-corrected chi connectivity index (χ0v) is 10.2. The maximum Gasteiger partial charge on any atom is 0.00904 e. The first kappa shape index (κ1) is 12.2. The van der Waals surface area contributed by atoms with E-state index in [2.05, 4.69) is 43.3 Å². The van der Waals surface area contributed by atoms with Crippen LogP contribution >= 0.6 is 15.9 Å². The predicted octanol–water partition coefficient (Wildman–Crippen LogP) is 4.40. The minimum absolute atomic E-state index is 0.480. The first-order valence-corrected chi connectivity index (χ1v) is 5.95. The fourth-order valence-corrected chi connectivity index (χ4v) is 3.11. The Morgan fingerprint density at radius 1 is 1.42 bits per heavy atom. The largest absolute Gasteiger partial charge is 0.103 e. The Hall–Kier alpha value is 0.220. The zero-order chi connectivity index (χ0) is 9.61. The summed E-state index contributed by atoms with van der Waals surface area (Å²) in [5, 5.41) is 1.11. The summed E-state index contributed by atoms with van der Waals surface area (Å²) in [5.74, 6) is 0.740. The lowest BCUT2D eigenvalue weighted by Gasteiger charge is -2.35. The van der Waals surface area contributed by atoms with Gasteiger partial charge in [-0.15, -0.1) is 6.58 Å². The fraction of sp³-hybridized carbons (Fsp3) is 0.818. The van der Waals surface area contributed by atoms with Crippen LogP contribution in [0.1, 0.15) is 40.0 Å². The molecule has 0 saturated carbocycles. The average Bonchev–Trinajstić information content (AvgIpc) is 2.09. The molecule has 0 heterocycles. The number of halogens is 1. The van der Waals surface area contributed by atoms with Crippen molar-refractivity contribution < 1.29 is 0 Å². The molecule has 1 atom stereocenters. The molecule has 0 N–H and O–H groups in total. The lowest BCUT2D eigenvalue weighted by Crippen LogP contribution is -2.29. The maximum absolute atomic E-state index is 3.80. The van der Waals surface area contributed by atoms with Crippen LogP contribution in [0.25, 0.3) is 0 Å². The van der Waals surface area contributed by atoms with Crippen molar-refractivity contribution in [2.24, 2.45) is 11.3 Å². The Morgan fingerprint density at radius 3 is 2.17 bits per heavy atom. The molecular weight excluding hydrogens is 212 g/mol. The number of alkyl halides is 1. The van der Waals surface area contributed by atoms with Crippen LogP contribution in [0.4, 0.5) is 0 Å². The highest BCUT2D eigenvalue weighted by Crippen LogP contribution is 2.38. The SMILES string of the molecule is C=CCC(C)C(CC)(CC)CBr. The van der Waals surface area contributed by atoms with E-state index in [9.17, 15) is 0 Å². The van der Waals surface area contributed by atoms with E-state index in [0.29, 0.717) is 5.41 Å². The van der Waals surface area contributed by atoms with Crippen molar-refractivity contribution >= 4 is 15.9 Å². The Balaban J connectivity index is 4.34. The second-order valence-electron chi connectivity index (χ2n) is 3.63. The fourth-order valence-electron chi connectivity index (χ4n) is 1.77. The highest BCUT2D eigenvalue weighted by molar-refractivity contribution is 9.09.